The fourth-order valence-corrected chi connectivity index (χ4v) is 2.08. The highest BCUT2D eigenvalue weighted by Gasteiger charge is 2.74. The molecule has 0 aromatic rings. The van der Waals surface area contributed by atoms with Crippen LogP contribution in [0, 0.1) is 11.8 Å². The van der Waals surface area contributed by atoms with Crippen molar-refractivity contribution in [3.63, 3.8) is 0 Å². The maximum Gasteiger partial charge on any atom is 0.348 e. The largest absolute Gasteiger partial charge is 0.479 e. The molecule has 0 radical (unpaired) electrons. The Morgan fingerprint density at radius 1 is 1.31 bits per heavy atom. The van der Waals surface area contributed by atoms with Gasteiger partial charge in [-0.25, -0.2) is 18.0 Å². The van der Waals surface area contributed by atoms with Crippen molar-refractivity contribution < 1.29 is 23.1 Å². The molecule has 1 fully saturated rings. The smallest absolute Gasteiger partial charge is 0.348 e. The van der Waals surface area contributed by atoms with Gasteiger partial charge in [0.25, 0.3) is 11.6 Å². The van der Waals surface area contributed by atoms with Crippen LogP contribution >= 0.6 is 0 Å². The van der Waals surface area contributed by atoms with Crippen molar-refractivity contribution >= 4 is 5.97 Å². The Kier molecular flexibility index (Phi) is 1.37. The minimum absolute atomic E-state index is 0.101. The molecule has 72 valence electrons. The Morgan fingerprint density at radius 3 is 2.15 bits per heavy atom. The molecule has 1 saturated carbocycles. The number of rotatable bonds is 1. The molecule has 5 heteroatoms. The Morgan fingerprint density at radius 2 is 1.85 bits per heavy atom. The number of carboxylic acid groups (broad SMARTS) is 1. The lowest BCUT2D eigenvalue weighted by Crippen LogP contribution is -2.53. The quantitative estimate of drug-likeness (QED) is 0.641. The molecule has 1 N–H and O–H groups in total. The minimum atomic E-state index is -3.77. The Labute approximate surface area is 72.0 Å². The molecular weight excluding hydrogens is 185 g/mol. The van der Waals surface area contributed by atoms with Crippen LogP contribution in [-0.4, -0.2) is 22.7 Å². The van der Waals surface area contributed by atoms with Crippen LogP contribution in [0.15, 0.2) is 12.2 Å². The molecule has 0 saturated heterocycles. The summed E-state index contributed by atoms with van der Waals surface area (Å²) in [5.41, 5.74) is -3.40. The predicted octanol–water partition coefficient (Wildman–Crippen LogP) is 1.62. The van der Waals surface area contributed by atoms with Gasteiger partial charge in [-0.15, -0.1) is 0 Å². The van der Waals surface area contributed by atoms with Gasteiger partial charge < -0.3 is 5.11 Å². The molecule has 0 aromatic heterocycles. The summed E-state index contributed by atoms with van der Waals surface area (Å²) in [6.07, 6.45) is 2.33. The molecule has 13 heavy (non-hydrogen) atoms. The van der Waals surface area contributed by atoms with Gasteiger partial charge in [0.05, 0.1) is 0 Å². The number of alkyl halides is 3. The van der Waals surface area contributed by atoms with E-state index in [2.05, 4.69) is 0 Å². The van der Waals surface area contributed by atoms with Crippen molar-refractivity contribution in [2.75, 3.05) is 0 Å². The summed E-state index contributed by atoms with van der Waals surface area (Å²) >= 11 is 0. The zero-order valence-corrected chi connectivity index (χ0v) is 6.51. The van der Waals surface area contributed by atoms with Crippen LogP contribution in [-0.2, 0) is 4.79 Å². The van der Waals surface area contributed by atoms with Crippen molar-refractivity contribution in [1.82, 2.24) is 0 Å². The first-order chi connectivity index (χ1) is 5.90. The van der Waals surface area contributed by atoms with Crippen LogP contribution in [0.3, 0.4) is 0 Å². The molecule has 0 aliphatic heterocycles. The summed E-state index contributed by atoms with van der Waals surface area (Å²) in [6.45, 7) is 0. The lowest BCUT2D eigenvalue weighted by atomic mass is 9.87. The maximum atomic E-state index is 13.5. The van der Waals surface area contributed by atoms with E-state index in [4.69, 9.17) is 5.11 Å². The fourth-order valence-electron chi connectivity index (χ4n) is 2.08. The summed E-state index contributed by atoms with van der Waals surface area (Å²) in [7, 11) is 0. The van der Waals surface area contributed by atoms with Gasteiger partial charge in [0.15, 0.2) is 0 Å². The minimum Gasteiger partial charge on any atom is -0.479 e. The van der Waals surface area contributed by atoms with E-state index < -0.39 is 29.4 Å². The van der Waals surface area contributed by atoms with Gasteiger partial charge in [-0.3, -0.25) is 0 Å². The van der Waals surface area contributed by atoms with Crippen molar-refractivity contribution in [1.29, 1.82) is 0 Å². The molecule has 2 nitrogen and oxygen atoms in total. The van der Waals surface area contributed by atoms with Crippen molar-refractivity contribution in [3.8, 4) is 0 Å². The zero-order chi connectivity index (χ0) is 9.85. The second kappa shape index (κ2) is 2.08. The molecule has 2 aliphatic carbocycles. The van der Waals surface area contributed by atoms with E-state index in [0.29, 0.717) is 0 Å². The summed E-state index contributed by atoms with van der Waals surface area (Å²) in [5, 5.41) is 8.44. The maximum absolute atomic E-state index is 13.5. The van der Waals surface area contributed by atoms with Crippen molar-refractivity contribution in [3.05, 3.63) is 12.2 Å². The van der Waals surface area contributed by atoms with E-state index in [-0.39, 0.29) is 6.42 Å². The number of aliphatic carboxylic acids is 1. The molecule has 0 heterocycles. The lowest BCUT2D eigenvalue weighted by Gasteiger charge is -2.30. The van der Waals surface area contributed by atoms with Crippen LogP contribution in [0.25, 0.3) is 0 Å². The predicted molar refractivity (Wildman–Crippen MR) is 37.2 cm³/mol. The van der Waals surface area contributed by atoms with E-state index in [1.54, 1.807) is 0 Å². The second-order valence-corrected chi connectivity index (χ2v) is 3.47. The molecule has 0 amide bonds. The van der Waals surface area contributed by atoms with Gasteiger partial charge in [0, 0.05) is 11.8 Å². The van der Waals surface area contributed by atoms with Crippen LogP contribution in [0.2, 0.25) is 0 Å². The highest BCUT2D eigenvalue weighted by atomic mass is 19.3. The summed E-state index contributed by atoms with van der Waals surface area (Å²) in [4.78, 5) is 10.4. The molecule has 2 rings (SSSR count). The summed E-state index contributed by atoms with van der Waals surface area (Å²) in [5.74, 6) is -8.25. The summed E-state index contributed by atoms with van der Waals surface area (Å²) in [6, 6.07) is 0. The topological polar surface area (TPSA) is 37.3 Å². The van der Waals surface area contributed by atoms with Crippen LogP contribution in [0.4, 0.5) is 13.2 Å². The fraction of sp³-hybridized carbons (Fsp3) is 0.625. The number of halogens is 3. The zero-order valence-electron chi connectivity index (χ0n) is 6.51. The van der Waals surface area contributed by atoms with Gasteiger partial charge in [0.1, 0.15) is 0 Å². The molecule has 3 atom stereocenters. The van der Waals surface area contributed by atoms with E-state index in [1.807, 2.05) is 0 Å². The Balaban J connectivity index is 2.50. The monoisotopic (exact) mass is 192 g/mol. The van der Waals surface area contributed by atoms with Crippen molar-refractivity contribution in [2.24, 2.45) is 11.8 Å². The molecule has 2 aliphatic rings. The third-order valence-electron chi connectivity index (χ3n) is 2.86. The third kappa shape index (κ3) is 0.727. The van der Waals surface area contributed by atoms with Gasteiger partial charge in [-0.05, 0) is 6.42 Å². The highest BCUT2D eigenvalue weighted by Crippen LogP contribution is 2.58. The number of allylic oxidation sites excluding steroid dienone is 2. The molecule has 2 bridgehead atoms. The third-order valence-corrected chi connectivity index (χ3v) is 2.86. The molecule has 3 unspecified atom stereocenters. The van der Waals surface area contributed by atoms with E-state index >= 15 is 0 Å². The van der Waals surface area contributed by atoms with E-state index in [0.717, 1.165) is 0 Å². The first kappa shape index (κ1) is 8.59. The standard InChI is InChI=1S/C8H7F3O2/c9-7(6(12)13)4-1-2-5(3-4)8(7,10)11/h1-2,4-5H,3H2,(H,12,13). The SMILES string of the molecule is O=C(O)C1(F)C2C=CC(C2)C1(F)F. The Hall–Kier alpha value is -1.00. The molecule has 0 spiro atoms. The average Bonchev–Trinajstić information content (AvgIpc) is 2.54. The molecular formula is C8H7F3O2. The molecule has 0 aromatic carbocycles. The average molecular weight is 192 g/mol. The van der Waals surface area contributed by atoms with Crippen LogP contribution in [0.5, 0.6) is 0 Å². The van der Waals surface area contributed by atoms with Gasteiger partial charge in [0.2, 0.25) is 0 Å². The highest BCUT2D eigenvalue weighted by molar-refractivity contribution is 5.81. The first-order valence-corrected chi connectivity index (χ1v) is 3.89. The first-order valence-electron chi connectivity index (χ1n) is 3.89. The second-order valence-electron chi connectivity index (χ2n) is 3.47. The van der Waals surface area contributed by atoms with Crippen LogP contribution < -0.4 is 0 Å². The van der Waals surface area contributed by atoms with E-state index in [1.165, 1.54) is 12.2 Å². The van der Waals surface area contributed by atoms with Crippen LogP contribution in [0.1, 0.15) is 6.42 Å². The number of fused-ring (bicyclic) bond motifs is 2. The van der Waals surface area contributed by atoms with Crippen molar-refractivity contribution in [2.45, 2.75) is 18.0 Å². The van der Waals surface area contributed by atoms with Gasteiger partial charge in [-0.2, -0.15) is 0 Å². The Bertz CT molecular complexity index is 300. The van der Waals surface area contributed by atoms with E-state index in [9.17, 15) is 18.0 Å². The number of hydrogen-bond donors (Lipinski definition) is 1. The lowest BCUT2D eigenvalue weighted by molar-refractivity contribution is -0.187. The van der Waals surface area contributed by atoms with Gasteiger partial charge >= 0.3 is 5.97 Å². The number of carboxylic acids is 1. The van der Waals surface area contributed by atoms with Gasteiger partial charge in [-0.1, -0.05) is 12.2 Å². The normalized spacial score (nSPS) is 45.5. The number of carbonyl (C=O) groups is 1. The summed E-state index contributed by atoms with van der Waals surface area (Å²) < 4.78 is 39.8. The number of hydrogen-bond acceptors (Lipinski definition) is 1.